The first-order valence-corrected chi connectivity index (χ1v) is 7.47. The van der Waals surface area contributed by atoms with Crippen LogP contribution in [0.3, 0.4) is 0 Å². The Kier molecular flexibility index (Phi) is 2.33. The van der Waals surface area contributed by atoms with Gasteiger partial charge in [0.05, 0.1) is 5.56 Å². The van der Waals surface area contributed by atoms with E-state index in [1.807, 2.05) is 6.07 Å². The Hall–Kier alpha value is -1.31. The predicted molar refractivity (Wildman–Crippen MR) is 73.3 cm³/mol. The SMILES string of the molecule is O=Cc1ccc(C23CC4CC(CC(C4)C2)C3)cc1O. The molecule has 4 aliphatic carbocycles. The molecule has 1 aromatic carbocycles. The number of carbonyl (C=O) groups excluding carboxylic acids is 1. The van der Waals surface area contributed by atoms with Gasteiger partial charge < -0.3 is 5.11 Å². The van der Waals surface area contributed by atoms with E-state index in [4.69, 9.17) is 0 Å². The van der Waals surface area contributed by atoms with Gasteiger partial charge in [0.25, 0.3) is 0 Å². The number of rotatable bonds is 2. The van der Waals surface area contributed by atoms with Crippen LogP contribution in [0.4, 0.5) is 0 Å². The van der Waals surface area contributed by atoms with Gasteiger partial charge in [-0.15, -0.1) is 0 Å². The summed E-state index contributed by atoms with van der Waals surface area (Å²) in [7, 11) is 0. The monoisotopic (exact) mass is 256 g/mol. The molecular formula is C17H20O2. The fourth-order valence-electron chi connectivity index (χ4n) is 5.44. The molecule has 0 radical (unpaired) electrons. The summed E-state index contributed by atoms with van der Waals surface area (Å²) in [6.45, 7) is 0. The molecule has 4 aliphatic rings. The summed E-state index contributed by atoms with van der Waals surface area (Å²) in [5.74, 6) is 2.86. The van der Waals surface area contributed by atoms with Crippen molar-refractivity contribution >= 4 is 6.29 Å². The minimum absolute atomic E-state index is 0.156. The highest BCUT2D eigenvalue weighted by molar-refractivity contribution is 5.79. The van der Waals surface area contributed by atoms with Gasteiger partial charge in [-0.05, 0) is 79.4 Å². The number of phenols is 1. The molecular weight excluding hydrogens is 236 g/mol. The lowest BCUT2D eigenvalue weighted by atomic mass is 9.48. The van der Waals surface area contributed by atoms with Gasteiger partial charge >= 0.3 is 0 Å². The quantitative estimate of drug-likeness (QED) is 0.820. The molecule has 0 aliphatic heterocycles. The largest absolute Gasteiger partial charge is 0.507 e. The number of phenolic OH excluding ortho intramolecular Hbond substituents is 1. The van der Waals surface area contributed by atoms with Crippen LogP contribution < -0.4 is 0 Å². The van der Waals surface area contributed by atoms with E-state index in [-0.39, 0.29) is 5.75 Å². The summed E-state index contributed by atoms with van der Waals surface area (Å²) < 4.78 is 0. The van der Waals surface area contributed by atoms with E-state index < -0.39 is 0 Å². The first kappa shape index (κ1) is 11.5. The Morgan fingerprint density at radius 3 is 2.11 bits per heavy atom. The van der Waals surface area contributed by atoms with Crippen LogP contribution in [0.25, 0.3) is 0 Å². The fraction of sp³-hybridized carbons (Fsp3) is 0.588. The summed E-state index contributed by atoms with van der Waals surface area (Å²) in [6.07, 6.45) is 8.89. The van der Waals surface area contributed by atoms with Gasteiger partial charge in [0.15, 0.2) is 6.29 Å². The lowest BCUT2D eigenvalue weighted by molar-refractivity contribution is -0.00527. The van der Waals surface area contributed by atoms with E-state index in [0.717, 1.165) is 24.0 Å². The van der Waals surface area contributed by atoms with Crippen molar-refractivity contribution in [3.8, 4) is 5.75 Å². The third-order valence-corrected chi connectivity index (χ3v) is 5.81. The van der Waals surface area contributed by atoms with Crippen molar-refractivity contribution in [2.75, 3.05) is 0 Å². The zero-order chi connectivity index (χ0) is 13.0. The Bertz CT molecular complexity index is 497. The van der Waals surface area contributed by atoms with Gasteiger partial charge in [-0.1, -0.05) is 6.07 Å². The lowest BCUT2D eigenvalue weighted by Gasteiger charge is -2.57. The Morgan fingerprint density at radius 2 is 1.63 bits per heavy atom. The van der Waals surface area contributed by atoms with E-state index in [0.29, 0.717) is 11.0 Å². The molecule has 1 N–H and O–H groups in total. The number of hydrogen-bond donors (Lipinski definition) is 1. The van der Waals surface area contributed by atoms with Crippen LogP contribution in [0.1, 0.15) is 54.4 Å². The van der Waals surface area contributed by atoms with Crippen molar-refractivity contribution in [1.82, 2.24) is 0 Å². The molecule has 4 fully saturated rings. The summed E-state index contributed by atoms with van der Waals surface area (Å²) >= 11 is 0. The van der Waals surface area contributed by atoms with Crippen LogP contribution in [0.2, 0.25) is 0 Å². The van der Waals surface area contributed by atoms with Gasteiger partial charge in [-0.3, -0.25) is 4.79 Å². The van der Waals surface area contributed by atoms with Gasteiger partial charge in [-0.25, -0.2) is 0 Å². The molecule has 1 aromatic rings. The fourth-order valence-corrected chi connectivity index (χ4v) is 5.44. The summed E-state index contributed by atoms with van der Waals surface area (Å²) in [5, 5.41) is 9.96. The van der Waals surface area contributed by atoms with E-state index in [2.05, 4.69) is 6.07 Å². The lowest BCUT2D eigenvalue weighted by Crippen LogP contribution is -2.48. The Balaban J connectivity index is 1.75. The smallest absolute Gasteiger partial charge is 0.153 e. The van der Waals surface area contributed by atoms with E-state index in [9.17, 15) is 9.90 Å². The summed E-state index contributed by atoms with van der Waals surface area (Å²) in [6, 6.07) is 5.73. The van der Waals surface area contributed by atoms with Crippen LogP contribution in [0, 0.1) is 17.8 Å². The third-order valence-electron chi connectivity index (χ3n) is 5.81. The predicted octanol–water partition coefficient (Wildman–Crippen LogP) is 3.67. The number of carbonyl (C=O) groups is 1. The number of aromatic hydroxyl groups is 1. The second kappa shape index (κ2) is 3.84. The highest BCUT2D eigenvalue weighted by Gasteiger charge is 2.51. The van der Waals surface area contributed by atoms with Gasteiger partial charge in [0, 0.05) is 0 Å². The van der Waals surface area contributed by atoms with Crippen LogP contribution in [0.15, 0.2) is 18.2 Å². The molecule has 0 unspecified atom stereocenters. The normalized spacial score (nSPS) is 39.5. The van der Waals surface area contributed by atoms with Gasteiger partial charge in [-0.2, -0.15) is 0 Å². The maximum atomic E-state index is 10.8. The molecule has 0 heterocycles. The topological polar surface area (TPSA) is 37.3 Å². The van der Waals surface area contributed by atoms with Gasteiger partial charge in [0.1, 0.15) is 5.75 Å². The molecule has 2 heteroatoms. The van der Waals surface area contributed by atoms with E-state index >= 15 is 0 Å². The molecule has 0 atom stereocenters. The molecule has 2 nitrogen and oxygen atoms in total. The first-order valence-electron chi connectivity index (χ1n) is 7.47. The maximum absolute atomic E-state index is 10.8. The number of aldehydes is 1. The van der Waals surface area contributed by atoms with Crippen molar-refractivity contribution in [2.24, 2.45) is 17.8 Å². The second-order valence-electron chi connectivity index (χ2n) is 7.09. The highest BCUT2D eigenvalue weighted by Crippen LogP contribution is 2.60. The van der Waals surface area contributed by atoms with E-state index in [1.165, 1.54) is 44.1 Å². The Morgan fingerprint density at radius 1 is 1.05 bits per heavy atom. The second-order valence-corrected chi connectivity index (χ2v) is 7.09. The molecule has 0 saturated heterocycles. The molecule has 0 spiro atoms. The average Bonchev–Trinajstić information content (AvgIpc) is 2.37. The molecule has 0 amide bonds. The Labute approximate surface area is 113 Å². The van der Waals surface area contributed by atoms with Crippen LogP contribution in [0.5, 0.6) is 5.75 Å². The minimum Gasteiger partial charge on any atom is -0.507 e. The van der Waals surface area contributed by atoms with Gasteiger partial charge in [0.2, 0.25) is 0 Å². The summed E-state index contributed by atoms with van der Waals surface area (Å²) in [5.41, 5.74) is 1.98. The standard InChI is InChI=1S/C17H20O2/c18-10-14-1-2-15(6-16(14)19)17-7-11-3-12(8-17)5-13(4-11)9-17/h1-2,6,10-13,19H,3-5,7-9H2. The molecule has 0 aromatic heterocycles. The van der Waals surface area contributed by atoms with Crippen LogP contribution >= 0.6 is 0 Å². The van der Waals surface area contributed by atoms with Crippen molar-refractivity contribution in [2.45, 2.75) is 43.9 Å². The molecule has 5 rings (SSSR count). The average molecular weight is 256 g/mol. The maximum Gasteiger partial charge on any atom is 0.153 e. The molecule has 19 heavy (non-hydrogen) atoms. The van der Waals surface area contributed by atoms with Crippen molar-refractivity contribution in [3.05, 3.63) is 29.3 Å². The molecule has 4 bridgehead atoms. The molecule has 4 saturated carbocycles. The minimum atomic E-state index is 0.156. The zero-order valence-electron chi connectivity index (χ0n) is 11.1. The van der Waals surface area contributed by atoms with E-state index in [1.54, 1.807) is 6.07 Å². The number of benzene rings is 1. The first-order chi connectivity index (χ1) is 9.18. The number of hydrogen-bond acceptors (Lipinski definition) is 2. The molecule has 100 valence electrons. The van der Waals surface area contributed by atoms with Crippen LogP contribution in [-0.2, 0) is 5.41 Å². The summed E-state index contributed by atoms with van der Waals surface area (Å²) in [4.78, 5) is 10.8. The zero-order valence-corrected chi connectivity index (χ0v) is 11.1. The van der Waals surface area contributed by atoms with Crippen LogP contribution in [-0.4, -0.2) is 11.4 Å². The third kappa shape index (κ3) is 1.65. The van der Waals surface area contributed by atoms with Crippen molar-refractivity contribution < 1.29 is 9.90 Å². The van der Waals surface area contributed by atoms with Crippen molar-refractivity contribution in [3.63, 3.8) is 0 Å². The van der Waals surface area contributed by atoms with Crippen molar-refractivity contribution in [1.29, 1.82) is 0 Å². The highest BCUT2D eigenvalue weighted by atomic mass is 16.3.